The summed E-state index contributed by atoms with van der Waals surface area (Å²) in [5.41, 5.74) is 5.58. The summed E-state index contributed by atoms with van der Waals surface area (Å²) < 4.78 is 1.50. The summed E-state index contributed by atoms with van der Waals surface area (Å²) in [4.78, 5) is 40.5. The maximum absolute atomic E-state index is 14.0. The second-order valence-corrected chi connectivity index (χ2v) is 11.9. The van der Waals surface area contributed by atoms with Gasteiger partial charge >= 0.3 is 0 Å². The molecular formula is C38H44N2O3. The smallest absolute Gasteiger partial charge is 0.262 e. The number of aryl methyl sites for hydroxylation is 2. The van der Waals surface area contributed by atoms with E-state index in [2.05, 4.69) is 36.5 Å². The van der Waals surface area contributed by atoms with Gasteiger partial charge in [0.25, 0.3) is 5.56 Å². The molecular weight excluding hydrogens is 532 g/mol. The quantitative estimate of drug-likeness (QED) is 0.0995. The number of pyridine rings is 1. The number of ketones is 2. The molecule has 5 rings (SSSR count). The van der Waals surface area contributed by atoms with Gasteiger partial charge in [0.1, 0.15) is 0 Å². The number of rotatable bonds is 15. The first kappa shape index (κ1) is 30.5. The van der Waals surface area contributed by atoms with Crippen molar-refractivity contribution in [1.82, 2.24) is 4.57 Å². The van der Waals surface area contributed by atoms with E-state index in [1.165, 1.54) is 74.3 Å². The Balaban J connectivity index is 1.35. The molecule has 1 heterocycles. The van der Waals surface area contributed by atoms with Gasteiger partial charge in [0, 0.05) is 35.7 Å². The summed E-state index contributed by atoms with van der Waals surface area (Å²) in [6.07, 6.45) is 14.6. The largest absolute Gasteiger partial charge is 0.355 e. The number of anilines is 2. The van der Waals surface area contributed by atoms with Gasteiger partial charge in [-0.3, -0.25) is 14.4 Å². The number of nitrogens with one attached hydrogen (secondary N) is 1. The van der Waals surface area contributed by atoms with Crippen LogP contribution in [0.1, 0.15) is 116 Å². The second kappa shape index (κ2) is 14.0. The molecule has 3 aromatic carbocycles. The van der Waals surface area contributed by atoms with Gasteiger partial charge in [-0.25, -0.2) is 0 Å². The minimum atomic E-state index is -0.330. The standard InChI is InChI=1S/C38H44N2O3/c1-4-6-7-8-9-10-11-12-13-14-17-26-20-22-27(23-21-26)39-30-24-25-31-35-33(36(32(41)5-2)38(43)40(31)3)28-18-15-16-19-29(28)37(42)34(30)35/h15-16,18-25,39H,4-14,17H2,1-3H3. The molecule has 0 spiro atoms. The first-order valence-corrected chi connectivity index (χ1v) is 16.2. The van der Waals surface area contributed by atoms with Crippen molar-refractivity contribution in [2.75, 3.05) is 5.32 Å². The molecule has 1 aliphatic carbocycles. The monoisotopic (exact) mass is 576 g/mol. The molecule has 0 unspecified atom stereocenters. The van der Waals surface area contributed by atoms with E-state index in [-0.39, 0.29) is 29.1 Å². The van der Waals surface area contributed by atoms with Crippen LogP contribution >= 0.6 is 0 Å². The van der Waals surface area contributed by atoms with Crippen LogP contribution in [0.15, 0.2) is 65.5 Å². The predicted octanol–water partition coefficient (Wildman–Crippen LogP) is 9.55. The number of nitrogens with zero attached hydrogens (tertiary/aromatic N) is 1. The Kier molecular flexibility index (Phi) is 9.91. The maximum atomic E-state index is 14.0. The highest BCUT2D eigenvalue weighted by molar-refractivity contribution is 6.30. The van der Waals surface area contributed by atoms with Crippen LogP contribution in [0.2, 0.25) is 0 Å². The summed E-state index contributed by atoms with van der Waals surface area (Å²) in [7, 11) is 1.67. The summed E-state index contributed by atoms with van der Waals surface area (Å²) in [5.74, 6) is -0.328. The fourth-order valence-electron chi connectivity index (χ4n) is 6.44. The third-order valence-corrected chi connectivity index (χ3v) is 8.88. The van der Waals surface area contributed by atoms with E-state index >= 15 is 0 Å². The molecule has 0 bridgehead atoms. The summed E-state index contributed by atoms with van der Waals surface area (Å²) in [6.45, 7) is 4.03. The molecule has 0 saturated carbocycles. The van der Waals surface area contributed by atoms with Crippen molar-refractivity contribution in [2.45, 2.75) is 90.9 Å². The van der Waals surface area contributed by atoms with Crippen molar-refractivity contribution < 1.29 is 9.59 Å². The lowest BCUT2D eigenvalue weighted by molar-refractivity contribution is 0.0984. The van der Waals surface area contributed by atoms with Crippen LogP contribution < -0.4 is 10.9 Å². The van der Waals surface area contributed by atoms with Gasteiger partial charge in [-0.1, -0.05) is 108 Å². The van der Waals surface area contributed by atoms with E-state index in [1.54, 1.807) is 20.0 Å². The number of hydrogen-bond acceptors (Lipinski definition) is 4. The molecule has 0 radical (unpaired) electrons. The van der Waals surface area contributed by atoms with E-state index in [9.17, 15) is 14.4 Å². The molecule has 1 aromatic heterocycles. The maximum Gasteiger partial charge on any atom is 0.262 e. The molecule has 0 saturated heterocycles. The minimum Gasteiger partial charge on any atom is -0.355 e. The highest BCUT2D eigenvalue weighted by Gasteiger charge is 2.33. The lowest BCUT2D eigenvalue weighted by Crippen LogP contribution is -2.28. The van der Waals surface area contributed by atoms with Crippen molar-refractivity contribution in [3.8, 4) is 11.1 Å². The Labute approximate surface area is 255 Å². The highest BCUT2D eigenvalue weighted by atomic mass is 16.1. The fourth-order valence-corrected chi connectivity index (χ4v) is 6.44. The van der Waals surface area contributed by atoms with Crippen LogP contribution in [0.4, 0.5) is 11.4 Å². The molecule has 224 valence electrons. The third-order valence-electron chi connectivity index (χ3n) is 8.88. The Morgan fingerprint density at radius 3 is 2.00 bits per heavy atom. The lowest BCUT2D eigenvalue weighted by atomic mass is 9.80. The molecule has 1 N–H and O–H groups in total. The Morgan fingerprint density at radius 1 is 0.721 bits per heavy atom. The number of benzene rings is 3. The number of carbonyl (C=O) groups is 2. The number of Topliss-reactive ketones (excluding diaryl/α,β-unsaturated/α-hetero) is 1. The van der Waals surface area contributed by atoms with Crippen LogP contribution in [0.5, 0.6) is 0 Å². The summed E-state index contributed by atoms with van der Waals surface area (Å²) in [5, 5.41) is 4.13. The van der Waals surface area contributed by atoms with Gasteiger partial charge in [-0.15, -0.1) is 0 Å². The molecule has 1 aliphatic rings. The predicted molar refractivity (Wildman–Crippen MR) is 178 cm³/mol. The van der Waals surface area contributed by atoms with Gasteiger partial charge in [0.15, 0.2) is 11.6 Å². The highest BCUT2D eigenvalue weighted by Crippen LogP contribution is 2.43. The first-order chi connectivity index (χ1) is 21.0. The lowest BCUT2D eigenvalue weighted by Gasteiger charge is -2.25. The summed E-state index contributed by atoms with van der Waals surface area (Å²) in [6, 6.07) is 19.5. The van der Waals surface area contributed by atoms with Crippen molar-refractivity contribution in [3.63, 3.8) is 0 Å². The molecule has 0 aliphatic heterocycles. The Bertz CT molecular complexity index is 1680. The molecule has 43 heavy (non-hydrogen) atoms. The average Bonchev–Trinajstić information content (AvgIpc) is 3.03. The average molecular weight is 577 g/mol. The van der Waals surface area contributed by atoms with Gasteiger partial charge in [-0.05, 0) is 48.2 Å². The van der Waals surface area contributed by atoms with Crippen molar-refractivity contribution >= 4 is 33.8 Å². The molecule has 4 aromatic rings. The molecule has 5 heteroatoms. The Hall–Kier alpha value is -3.99. The topological polar surface area (TPSA) is 68.2 Å². The van der Waals surface area contributed by atoms with Gasteiger partial charge < -0.3 is 9.88 Å². The van der Waals surface area contributed by atoms with Gasteiger partial charge in [0.2, 0.25) is 0 Å². The van der Waals surface area contributed by atoms with Crippen molar-refractivity contribution in [3.05, 3.63) is 93.3 Å². The SMILES string of the molecule is CCCCCCCCCCCCc1ccc(Nc2ccc3c4c2C(=O)c2ccccc2-c4c(C(=O)CC)c(=O)n3C)cc1. The van der Waals surface area contributed by atoms with Crippen LogP contribution in [-0.4, -0.2) is 16.1 Å². The van der Waals surface area contributed by atoms with E-state index < -0.39 is 0 Å². The van der Waals surface area contributed by atoms with Crippen molar-refractivity contribution in [2.24, 2.45) is 7.05 Å². The zero-order valence-corrected chi connectivity index (χ0v) is 25.9. The molecule has 0 atom stereocenters. The zero-order valence-electron chi connectivity index (χ0n) is 25.9. The van der Waals surface area contributed by atoms with Crippen LogP contribution in [0, 0.1) is 0 Å². The minimum absolute atomic E-state index is 0.109. The number of carbonyl (C=O) groups excluding carboxylic acids is 2. The van der Waals surface area contributed by atoms with Crippen LogP contribution in [-0.2, 0) is 13.5 Å². The van der Waals surface area contributed by atoms with Crippen LogP contribution in [0.25, 0.3) is 22.0 Å². The zero-order chi connectivity index (χ0) is 30.3. The van der Waals surface area contributed by atoms with Crippen LogP contribution in [0.3, 0.4) is 0 Å². The molecule has 0 fully saturated rings. The first-order valence-electron chi connectivity index (χ1n) is 16.2. The summed E-state index contributed by atoms with van der Waals surface area (Å²) >= 11 is 0. The number of fused-ring (bicyclic) bond motifs is 2. The number of unbranched alkanes of at least 4 members (excludes halogenated alkanes) is 9. The molecule has 5 nitrogen and oxygen atoms in total. The van der Waals surface area contributed by atoms with Gasteiger partial charge in [0.05, 0.1) is 22.3 Å². The fraction of sp³-hybridized carbons (Fsp3) is 0.395. The number of hydrogen-bond donors (Lipinski definition) is 1. The number of aromatic nitrogens is 1. The van der Waals surface area contributed by atoms with E-state index in [0.29, 0.717) is 38.8 Å². The normalized spacial score (nSPS) is 12.0. The molecule has 0 amide bonds. The van der Waals surface area contributed by atoms with E-state index in [4.69, 9.17) is 0 Å². The Morgan fingerprint density at radius 2 is 1.35 bits per heavy atom. The van der Waals surface area contributed by atoms with Gasteiger partial charge in [-0.2, -0.15) is 0 Å². The third kappa shape index (κ3) is 6.36. The van der Waals surface area contributed by atoms with E-state index in [1.807, 2.05) is 30.3 Å². The van der Waals surface area contributed by atoms with Crippen molar-refractivity contribution in [1.29, 1.82) is 0 Å². The van der Waals surface area contributed by atoms with E-state index in [0.717, 1.165) is 12.1 Å². The second-order valence-electron chi connectivity index (χ2n) is 11.9.